The third-order valence-corrected chi connectivity index (χ3v) is 6.61. The Morgan fingerprint density at radius 1 is 0.946 bits per heavy atom. The van der Waals surface area contributed by atoms with Crippen molar-refractivity contribution >= 4 is 29.0 Å². The van der Waals surface area contributed by atoms with E-state index >= 15 is 0 Å². The molecule has 0 saturated carbocycles. The lowest BCUT2D eigenvalue weighted by Crippen LogP contribution is -2.37. The van der Waals surface area contributed by atoms with E-state index in [1.54, 1.807) is 17.4 Å². The van der Waals surface area contributed by atoms with Crippen LogP contribution in [-0.2, 0) is 17.7 Å². The smallest absolute Gasteiger partial charge is 0.322 e. The summed E-state index contributed by atoms with van der Waals surface area (Å²) in [5.41, 5.74) is 3.20. The molecule has 3 aromatic carbocycles. The highest BCUT2D eigenvalue weighted by molar-refractivity contribution is 7.09. The Hall–Kier alpha value is -4.01. The maximum absolute atomic E-state index is 13.2. The average molecular weight is 515 g/mol. The molecule has 3 amide bonds. The number of hydrogen-bond acceptors (Lipinski definition) is 5. The van der Waals surface area contributed by atoms with Crippen molar-refractivity contribution in [3.63, 3.8) is 0 Å². The zero-order valence-corrected chi connectivity index (χ0v) is 21.5. The maximum Gasteiger partial charge on any atom is 0.322 e. The summed E-state index contributed by atoms with van der Waals surface area (Å²) in [6.07, 6.45) is 0.665. The van der Waals surface area contributed by atoms with Crippen LogP contribution in [0.3, 0.4) is 0 Å². The lowest BCUT2D eigenvalue weighted by molar-refractivity contribution is 0.0932. The number of carbonyl (C=O) groups is 2. The van der Waals surface area contributed by atoms with Crippen molar-refractivity contribution in [2.45, 2.75) is 19.0 Å². The number of ether oxygens (including phenoxy) is 1. The fourth-order valence-electron chi connectivity index (χ4n) is 3.85. The summed E-state index contributed by atoms with van der Waals surface area (Å²) in [5, 5.41) is 8.45. The highest BCUT2D eigenvalue weighted by Crippen LogP contribution is 2.20. The molecule has 0 spiro atoms. The molecule has 0 aliphatic carbocycles. The quantitative estimate of drug-likeness (QED) is 0.275. The number of para-hydroxylation sites is 1. The summed E-state index contributed by atoms with van der Waals surface area (Å²) in [5.74, 6) is -0.246. The van der Waals surface area contributed by atoms with E-state index in [1.807, 2.05) is 78.9 Å². The molecular formula is C29H30N4O3S. The molecule has 0 aliphatic rings. The van der Waals surface area contributed by atoms with Gasteiger partial charge >= 0.3 is 6.03 Å². The summed E-state index contributed by atoms with van der Waals surface area (Å²) in [4.78, 5) is 32.3. The molecule has 2 N–H and O–H groups in total. The van der Waals surface area contributed by atoms with Gasteiger partial charge in [-0.25, -0.2) is 9.78 Å². The molecule has 4 aromatic rings. The third-order valence-electron chi connectivity index (χ3n) is 5.78. The van der Waals surface area contributed by atoms with Crippen LogP contribution in [-0.4, -0.2) is 42.1 Å². The zero-order valence-electron chi connectivity index (χ0n) is 20.7. The number of aromatic nitrogens is 1. The molecule has 1 aromatic heterocycles. The summed E-state index contributed by atoms with van der Waals surface area (Å²) in [6, 6.07) is 28.8. The standard InChI is InChI=1S/C29H30N4O3S/c1-36-18-17-33(29(35)30-24-15-9-4-10-16-24)20-27-31-26(21-37-27)28(34)32-25(23-13-7-3-8-14-23)19-22-11-5-2-6-12-22/h2-16,21,25H,17-20H2,1H3,(H,30,35)(H,32,34). The van der Waals surface area contributed by atoms with Gasteiger partial charge in [0.1, 0.15) is 10.7 Å². The second-order valence-corrected chi connectivity index (χ2v) is 9.41. The summed E-state index contributed by atoms with van der Waals surface area (Å²) in [7, 11) is 1.59. The monoisotopic (exact) mass is 514 g/mol. The van der Waals surface area contributed by atoms with Gasteiger partial charge in [-0.05, 0) is 29.7 Å². The van der Waals surface area contributed by atoms with Gasteiger partial charge in [-0.1, -0.05) is 78.9 Å². The second-order valence-electron chi connectivity index (χ2n) is 8.46. The van der Waals surface area contributed by atoms with Crippen molar-refractivity contribution in [3.8, 4) is 0 Å². The number of nitrogens with zero attached hydrogens (tertiary/aromatic N) is 2. The van der Waals surface area contributed by atoms with Gasteiger partial charge in [-0.2, -0.15) is 0 Å². The van der Waals surface area contributed by atoms with E-state index in [0.29, 0.717) is 36.0 Å². The molecule has 0 aliphatic heterocycles. The molecule has 1 atom stereocenters. The van der Waals surface area contributed by atoms with E-state index in [4.69, 9.17) is 4.74 Å². The van der Waals surface area contributed by atoms with Crippen LogP contribution >= 0.6 is 11.3 Å². The molecule has 0 bridgehead atoms. The average Bonchev–Trinajstić information content (AvgIpc) is 3.41. The normalized spacial score (nSPS) is 11.5. The number of rotatable bonds is 11. The SMILES string of the molecule is COCCN(Cc1nc(C(=O)NC(Cc2ccccc2)c2ccccc2)cs1)C(=O)Nc1ccccc1. The number of methoxy groups -OCH3 is 1. The second kappa shape index (κ2) is 13.3. The van der Waals surface area contributed by atoms with Crippen LogP contribution < -0.4 is 10.6 Å². The molecule has 37 heavy (non-hydrogen) atoms. The minimum Gasteiger partial charge on any atom is -0.383 e. The third kappa shape index (κ3) is 7.73. The van der Waals surface area contributed by atoms with E-state index < -0.39 is 0 Å². The van der Waals surface area contributed by atoms with Crippen molar-refractivity contribution < 1.29 is 14.3 Å². The van der Waals surface area contributed by atoms with Crippen LogP contribution in [0.2, 0.25) is 0 Å². The van der Waals surface area contributed by atoms with Gasteiger partial charge in [-0.15, -0.1) is 11.3 Å². The zero-order chi connectivity index (χ0) is 25.9. The van der Waals surface area contributed by atoms with E-state index in [1.165, 1.54) is 11.3 Å². The molecule has 0 radical (unpaired) electrons. The minimum absolute atomic E-state index is 0.198. The summed E-state index contributed by atoms with van der Waals surface area (Å²) < 4.78 is 5.19. The van der Waals surface area contributed by atoms with Gasteiger partial charge in [0.05, 0.1) is 19.2 Å². The van der Waals surface area contributed by atoms with Crippen molar-refractivity contribution in [3.05, 3.63) is 118 Å². The van der Waals surface area contributed by atoms with Crippen molar-refractivity contribution in [2.75, 3.05) is 25.6 Å². The number of urea groups is 1. The van der Waals surface area contributed by atoms with Gasteiger partial charge in [0, 0.05) is 24.7 Å². The van der Waals surface area contributed by atoms with Crippen LogP contribution in [0, 0.1) is 0 Å². The largest absolute Gasteiger partial charge is 0.383 e. The minimum atomic E-state index is -0.253. The van der Waals surface area contributed by atoms with Crippen LogP contribution in [0.4, 0.5) is 10.5 Å². The maximum atomic E-state index is 13.2. The van der Waals surface area contributed by atoms with Crippen LogP contribution in [0.5, 0.6) is 0 Å². The molecule has 1 unspecified atom stereocenters. The Labute approximate surface area is 221 Å². The molecule has 0 fully saturated rings. The van der Waals surface area contributed by atoms with Gasteiger partial charge in [-0.3, -0.25) is 4.79 Å². The van der Waals surface area contributed by atoms with E-state index in [2.05, 4.69) is 27.8 Å². The lowest BCUT2D eigenvalue weighted by Gasteiger charge is -2.22. The summed E-state index contributed by atoms with van der Waals surface area (Å²) in [6.45, 7) is 1.05. The van der Waals surface area contributed by atoms with E-state index in [0.717, 1.165) is 11.1 Å². The van der Waals surface area contributed by atoms with E-state index in [9.17, 15) is 9.59 Å². The fraction of sp³-hybridized carbons (Fsp3) is 0.207. The van der Waals surface area contributed by atoms with Gasteiger partial charge in [0.2, 0.25) is 0 Å². The Balaban J connectivity index is 1.44. The van der Waals surface area contributed by atoms with Gasteiger partial charge in [0.25, 0.3) is 5.91 Å². The highest BCUT2D eigenvalue weighted by Gasteiger charge is 2.20. The first-order valence-corrected chi connectivity index (χ1v) is 12.9. The predicted molar refractivity (Wildman–Crippen MR) is 147 cm³/mol. The predicted octanol–water partition coefficient (Wildman–Crippen LogP) is 5.54. The summed E-state index contributed by atoms with van der Waals surface area (Å²) >= 11 is 1.36. The first kappa shape index (κ1) is 26.1. The Bertz CT molecular complexity index is 1270. The fourth-order valence-corrected chi connectivity index (χ4v) is 4.64. The number of nitrogens with one attached hydrogen (secondary N) is 2. The van der Waals surface area contributed by atoms with Crippen molar-refractivity contribution in [1.82, 2.24) is 15.2 Å². The van der Waals surface area contributed by atoms with Gasteiger partial charge < -0.3 is 20.3 Å². The topological polar surface area (TPSA) is 83.6 Å². The molecule has 4 rings (SSSR count). The van der Waals surface area contributed by atoms with Crippen LogP contribution in [0.15, 0.2) is 96.4 Å². The lowest BCUT2D eigenvalue weighted by atomic mass is 9.99. The Morgan fingerprint density at radius 3 is 2.27 bits per heavy atom. The number of amides is 3. The molecule has 0 saturated heterocycles. The molecule has 8 heteroatoms. The first-order chi connectivity index (χ1) is 18.1. The van der Waals surface area contributed by atoms with E-state index in [-0.39, 0.29) is 24.5 Å². The van der Waals surface area contributed by atoms with Crippen molar-refractivity contribution in [2.24, 2.45) is 0 Å². The van der Waals surface area contributed by atoms with Gasteiger partial charge in [0.15, 0.2) is 0 Å². The molecule has 1 heterocycles. The number of benzene rings is 3. The van der Waals surface area contributed by atoms with Crippen LogP contribution in [0.25, 0.3) is 0 Å². The number of hydrogen-bond donors (Lipinski definition) is 2. The van der Waals surface area contributed by atoms with Crippen LogP contribution in [0.1, 0.15) is 32.7 Å². The highest BCUT2D eigenvalue weighted by atomic mass is 32.1. The number of carbonyl (C=O) groups excluding carboxylic acids is 2. The molecule has 190 valence electrons. The first-order valence-electron chi connectivity index (χ1n) is 12.1. The van der Waals surface area contributed by atoms with Crippen molar-refractivity contribution in [1.29, 1.82) is 0 Å². The Kier molecular flexibility index (Phi) is 9.40. The molecular weight excluding hydrogens is 484 g/mol. The molecule has 7 nitrogen and oxygen atoms in total. The number of anilines is 1. The Morgan fingerprint density at radius 2 is 1.59 bits per heavy atom. The number of thiazole rings is 1.